The third-order valence-electron chi connectivity index (χ3n) is 5.10. The minimum absolute atomic E-state index is 0.166. The molecule has 8 nitrogen and oxygen atoms in total. The lowest BCUT2D eigenvalue weighted by atomic mass is 9.85. The second-order valence-corrected chi connectivity index (χ2v) is 7.24. The molecule has 0 N–H and O–H groups in total. The van der Waals surface area contributed by atoms with Gasteiger partial charge in [-0.2, -0.15) is 0 Å². The Labute approximate surface area is 146 Å². The van der Waals surface area contributed by atoms with Crippen LogP contribution in [0.15, 0.2) is 10.8 Å². The lowest BCUT2D eigenvalue weighted by molar-refractivity contribution is -0.134. The van der Waals surface area contributed by atoms with Crippen molar-refractivity contribution in [3.63, 3.8) is 0 Å². The number of urea groups is 1. The first-order valence-electron chi connectivity index (χ1n) is 8.57. The molecule has 0 radical (unpaired) electrons. The second kappa shape index (κ2) is 6.16. The molecular formula is C17H24N4O4. The van der Waals surface area contributed by atoms with Gasteiger partial charge in [0.25, 0.3) is 11.8 Å². The molecule has 2 saturated heterocycles. The number of carbonyl (C=O) groups is 3. The topological polar surface area (TPSA) is 87.0 Å². The van der Waals surface area contributed by atoms with Gasteiger partial charge >= 0.3 is 6.03 Å². The van der Waals surface area contributed by atoms with Gasteiger partial charge in [-0.25, -0.2) is 9.78 Å². The molecule has 0 bridgehead atoms. The number of rotatable bonds is 3. The van der Waals surface area contributed by atoms with Gasteiger partial charge in [-0.1, -0.05) is 13.8 Å². The molecule has 2 fully saturated rings. The molecule has 0 unspecified atom stereocenters. The largest absolute Gasteiger partial charge is 0.438 e. The molecule has 2 aliphatic heterocycles. The fourth-order valence-electron chi connectivity index (χ4n) is 3.71. The molecule has 136 valence electrons. The number of piperidine rings is 1. The zero-order valence-corrected chi connectivity index (χ0v) is 15.1. The summed E-state index contributed by atoms with van der Waals surface area (Å²) in [6.45, 7) is 7.11. The van der Waals surface area contributed by atoms with Crippen LogP contribution < -0.4 is 0 Å². The Kier molecular flexibility index (Phi) is 4.30. The van der Waals surface area contributed by atoms with Crippen molar-refractivity contribution in [1.29, 1.82) is 0 Å². The maximum absolute atomic E-state index is 12.8. The second-order valence-electron chi connectivity index (χ2n) is 7.24. The zero-order valence-electron chi connectivity index (χ0n) is 15.1. The van der Waals surface area contributed by atoms with Gasteiger partial charge in [0.05, 0.1) is 5.69 Å². The first-order valence-corrected chi connectivity index (χ1v) is 8.57. The molecule has 0 aliphatic carbocycles. The van der Waals surface area contributed by atoms with E-state index >= 15 is 0 Å². The standard InChI is InChI=1S/C17H24N4O4/c1-11(2)9-21-16(24)19(4)15(23)17(21)5-7-20(8-6-17)14(22)13-12(3)18-10-25-13/h10-11H,5-9H2,1-4H3. The van der Waals surface area contributed by atoms with Crippen molar-refractivity contribution in [1.82, 2.24) is 19.7 Å². The highest BCUT2D eigenvalue weighted by molar-refractivity contribution is 6.07. The summed E-state index contributed by atoms with van der Waals surface area (Å²) in [7, 11) is 1.53. The normalized spacial score (nSPS) is 20.3. The average Bonchev–Trinajstić information content (AvgIpc) is 3.08. The number of aromatic nitrogens is 1. The number of hydrogen-bond donors (Lipinski definition) is 0. The van der Waals surface area contributed by atoms with E-state index < -0.39 is 5.54 Å². The Morgan fingerprint density at radius 2 is 1.96 bits per heavy atom. The number of hydrogen-bond acceptors (Lipinski definition) is 5. The van der Waals surface area contributed by atoms with Gasteiger partial charge in [0.2, 0.25) is 5.76 Å². The van der Waals surface area contributed by atoms with Gasteiger partial charge in [0.1, 0.15) is 5.54 Å². The van der Waals surface area contributed by atoms with E-state index in [1.54, 1.807) is 16.7 Å². The van der Waals surface area contributed by atoms with Gasteiger partial charge in [-0.3, -0.25) is 14.5 Å². The molecular weight excluding hydrogens is 324 g/mol. The Bertz CT molecular complexity index is 703. The molecule has 1 aromatic heterocycles. The number of oxazole rings is 1. The van der Waals surface area contributed by atoms with Crippen molar-refractivity contribution in [3.8, 4) is 0 Å². The van der Waals surface area contributed by atoms with Gasteiger partial charge < -0.3 is 14.2 Å². The highest BCUT2D eigenvalue weighted by Gasteiger charge is 2.57. The van der Waals surface area contributed by atoms with Crippen LogP contribution in [-0.4, -0.2) is 69.8 Å². The highest BCUT2D eigenvalue weighted by atomic mass is 16.3. The monoisotopic (exact) mass is 348 g/mol. The van der Waals surface area contributed by atoms with E-state index in [-0.39, 0.29) is 29.5 Å². The number of likely N-dealkylation sites (N-methyl/N-ethyl adjacent to an activating group) is 1. The predicted molar refractivity (Wildman–Crippen MR) is 88.8 cm³/mol. The van der Waals surface area contributed by atoms with E-state index in [1.807, 2.05) is 13.8 Å². The average molecular weight is 348 g/mol. The summed E-state index contributed by atoms with van der Waals surface area (Å²) in [4.78, 5) is 46.4. The quantitative estimate of drug-likeness (QED) is 0.773. The maximum Gasteiger partial charge on any atom is 0.327 e. The summed E-state index contributed by atoms with van der Waals surface area (Å²) in [5.41, 5.74) is -0.276. The van der Waals surface area contributed by atoms with Gasteiger partial charge in [0.15, 0.2) is 6.39 Å². The molecule has 0 atom stereocenters. The molecule has 0 aromatic carbocycles. The van der Waals surface area contributed by atoms with Crippen LogP contribution in [0.25, 0.3) is 0 Å². The Morgan fingerprint density at radius 1 is 1.32 bits per heavy atom. The molecule has 2 aliphatic rings. The zero-order chi connectivity index (χ0) is 18.4. The van der Waals surface area contributed by atoms with Crippen LogP contribution in [0.4, 0.5) is 4.79 Å². The van der Waals surface area contributed by atoms with Crippen LogP contribution in [0.1, 0.15) is 42.9 Å². The van der Waals surface area contributed by atoms with E-state index in [4.69, 9.17) is 4.42 Å². The first kappa shape index (κ1) is 17.4. The lowest BCUT2D eigenvalue weighted by Crippen LogP contribution is -2.58. The number of aryl methyl sites for hydroxylation is 1. The van der Waals surface area contributed by atoms with Crippen LogP contribution in [0.3, 0.4) is 0 Å². The third kappa shape index (κ3) is 2.69. The van der Waals surface area contributed by atoms with Crippen LogP contribution in [0.2, 0.25) is 0 Å². The van der Waals surface area contributed by atoms with Gasteiger partial charge in [0, 0.05) is 26.7 Å². The van der Waals surface area contributed by atoms with Crippen molar-refractivity contribution >= 4 is 17.8 Å². The van der Waals surface area contributed by atoms with Crippen LogP contribution in [0, 0.1) is 12.8 Å². The molecule has 8 heteroatoms. The van der Waals surface area contributed by atoms with E-state index in [2.05, 4.69) is 4.98 Å². The molecule has 0 saturated carbocycles. The van der Waals surface area contributed by atoms with Crippen LogP contribution >= 0.6 is 0 Å². The molecule has 4 amide bonds. The van der Waals surface area contributed by atoms with Crippen molar-refractivity contribution in [3.05, 3.63) is 17.8 Å². The Hall–Kier alpha value is -2.38. The summed E-state index contributed by atoms with van der Waals surface area (Å²) < 4.78 is 5.18. The summed E-state index contributed by atoms with van der Waals surface area (Å²) in [5.74, 6) is 0.115. The van der Waals surface area contributed by atoms with Crippen molar-refractivity contribution in [2.45, 2.75) is 39.2 Å². The molecule has 1 spiro atoms. The molecule has 3 rings (SSSR count). The Balaban J connectivity index is 1.79. The smallest absolute Gasteiger partial charge is 0.327 e. The maximum atomic E-state index is 12.8. The number of carbonyl (C=O) groups excluding carboxylic acids is 3. The van der Waals surface area contributed by atoms with Gasteiger partial charge in [-0.05, 0) is 25.7 Å². The Morgan fingerprint density at radius 3 is 2.48 bits per heavy atom. The summed E-state index contributed by atoms with van der Waals surface area (Å²) >= 11 is 0. The minimum atomic E-state index is -0.830. The molecule has 3 heterocycles. The first-order chi connectivity index (χ1) is 11.8. The molecule has 25 heavy (non-hydrogen) atoms. The lowest BCUT2D eigenvalue weighted by Gasteiger charge is -2.42. The van der Waals surface area contributed by atoms with Crippen molar-refractivity contribution in [2.75, 3.05) is 26.7 Å². The van der Waals surface area contributed by atoms with Crippen LogP contribution in [0.5, 0.6) is 0 Å². The highest BCUT2D eigenvalue weighted by Crippen LogP contribution is 2.37. The van der Waals surface area contributed by atoms with Gasteiger partial charge in [-0.15, -0.1) is 0 Å². The third-order valence-corrected chi connectivity index (χ3v) is 5.10. The van der Waals surface area contributed by atoms with E-state index in [0.29, 0.717) is 38.2 Å². The minimum Gasteiger partial charge on any atom is -0.438 e. The molecule has 1 aromatic rings. The predicted octanol–water partition coefficient (Wildman–Crippen LogP) is 1.51. The summed E-state index contributed by atoms with van der Waals surface area (Å²) in [6.07, 6.45) is 2.13. The number of likely N-dealkylation sites (tertiary alicyclic amines) is 1. The van der Waals surface area contributed by atoms with E-state index in [1.165, 1.54) is 18.3 Å². The summed E-state index contributed by atoms with van der Waals surface area (Å²) in [5, 5.41) is 0. The number of nitrogens with zero attached hydrogens (tertiary/aromatic N) is 4. The fourth-order valence-corrected chi connectivity index (χ4v) is 3.71. The van der Waals surface area contributed by atoms with E-state index in [9.17, 15) is 14.4 Å². The number of amides is 4. The number of imide groups is 1. The SMILES string of the molecule is Cc1ncoc1C(=O)N1CCC2(CC1)C(=O)N(C)C(=O)N2CC(C)C. The fraction of sp³-hybridized carbons (Fsp3) is 0.647. The van der Waals surface area contributed by atoms with E-state index in [0.717, 1.165) is 0 Å². The van der Waals surface area contributed by atoms with Crippen molar-refractivity contribution in [2.24, 2.45) is 5.92 Å². The van der Waals surface area contributed by atoms with Crippen LogP contribution in [-0.2, 0) is 4.79 Å². The van der Waals surface area contributed by atoms with Crippen molar-refractivity contribution < 1.29 is 18.8 Å². The summed E-state index contributed by atoms with van der Waals surface area (Å²) in [6, 6.07) is -0.246.